The molecular weight excluding hydrogens is 352 g/mol. The Bertz CT molecular complexity index is 916. The summed E-state index contributed by atoms with van der Waals surface area (Å²) in [6.07, 6.45) is 3.64. The number of nitrogens with zero attached hydrogens (tertiary/aromatic N) is 1. The Kier molecular flexibility index (Phi) is 6.48. The van der Waals surface area contributed by atoms with Crippen LogP contribution in [0.25, 0.3) is 22.8 Å². The van der Waals surface area contributed by atoms with Gasteiger partial charge in [-0.15, -0.1) is 0 Å². The van der Waals surface area contributed by atoms with Gasteiger partial charge in [0.2, 0.25) is 5.89 Å². The number of aromatic nitrogens is 1. The SMILES string of the molecule is CCCC(C)NC(=O)c1ccccc1-c1ncc(-c2ccc(OCC)cc2)o1. The van der Waals surface area contributed by atoms with E-state index in [0.717, 1.165) is 24.2 Å². The highest BCUT2D eigenvalue weighted by Gasteiger charge is 2.18. The molecule has 2 aromatic carbocycles. The van der Waals surface area contributed by atoms with Gasteiger partial charge in [0.15, 0.2) is 5.76 Å². The molecule has 28 heavy (non-hydrogen) atoms. The van der Waals surface area contributed by atoms with E-state index >= 15 is 0 Å². The van der Waals surface area contributed by atoms with Gasteiger partial charge in [-0.2, -0.15) is 0 Å². The van der Waals surface area contributed by atoms with Crippen molar-refractivity contribution >= 4 is 5.91 Å². The molecule has 5 nitrogen and oxygen atoms in total. The molecule has 0 fully saturated rings. The molecule has 3 aromatic rings. The molecule has 1 N–H and O–H groups in total. The van der Waals surface area contributed by atoms with Crippen LogP contribution in [0.2, 0.25) is 0 Å². The highest BCUT2D eigenvalue weighted by Crippen LogP contribution is 2.29. The molecule has 0 bridgehead atoms. The summed E-state index contributed by atoms with van der Waals surface area (Å²) in [7, 11) is 0. The molecule has 0 aliphatic carbocycles. The second kappa shape index (κ2) is 9.22. The average molecular weight is 378 g/mol. The fourth-order valence-corrected chi connectivity index (χ4v) is 3.09. The topological polar surface area (TPSA) is 64.4 Å². The molecule has 146 valence electrons. The maximum atomic E-state index is 12.7. The van der Waals surface area contributed by atoms with Gasteiger partial charge in [0.25, 0.3) is 5.91 Å². The lowest BCUT2D eigenvalue weighted by atomic mass is 10.1. The third kappa shape index (κ3) is 4.60. The molecule has 0 aliphatic heterocycles. The number of benzene rings is 2. The van der Waals surface area contributed by atoms with Crippen LogP contribution in [0.1, 0.15) is 44.0 Å². The van der Waals surface area contributed by atoms with E-state index in [-0.39, 0.29) is 11.9 Å². The van der Waals surface area contributed by atoms with Gasteiger partial charge in [-0.25, -0.2) is 4.98 Å². The van der Waals surface area contributed by atoms with E-state index in [1.165, 1.54) is 0 Å². The summed E-state index contributed by atoms with van der Waals surface area (Å²) in [6.45, 7) is 6.69. The minimum Gasteiger partial charge on any atom is -0.494 e. The third-order valence-corrected chi connectivity index (χ3v) is 4.46. The Balaban J connectivity index is 1.84. The highest BCUT2D eigenvalue weighted by atomic mass is 16.5. The van der Waals surface area contributed by atoms with Gasteiger partial charge in [-0.3, -0.25) is 4.79 Å². The summed E-state index contributed by atoms with van der Waals surface area (Å²) in [5, 5.41) is 3.04. The Labute approximate surface area is 165 Å². The Morgan fingerprint density at radius 2 is 1.89 bits per heavy atom. The van der Waals surface area contributed by atoms with Crippen LogP contribution in [0, 0.1) is 0 Å². The van der Waals surface area contributed by atoms with Crippen LogP contribution < -0.4 is 10.1 Å². The first kappa shape index (κ1) is 19.7. The van der Waals surface area contributed by atoms with E-state index in [1.54, 1.807) is 12.3 Å². The number of oxazole rings is 1. The fraction of sp³-hybridized carbons (Fsp3) is 0.304. The molecule has 1 amide bonds. The molecule has 0 radical (unpaired) electrons. The summed E-state index contributed by atoms with van der Waals surface area (Å²) < 4.78 is 11.4. The highest BCUT2D eigenvalue weighted by molar-refractivity contribution is 6.00. The van der Waals surface area contributed by atoms with Crippen molar-refractivity contribution in [3.63, 3.8) is 0 Å². The van der Waals surface area contributed by atoms with Crippen molar-refractivity contribution in [3.8, 4) is 28.5 Å². The van der Waals surface area contributed by atoms with Crippen LogP contribution in [0.5, 0.6) is 5.75 Å². The zero-order valence-corrected chi connectivity index (χ0v) is 16.6. The zero-order chi connectivity index (χ0) is 19.9. The standard InChI is InChI=1S/C23H26N2O3/c1-4-8-16(3)25-22(26)19-9-6-7-10-20(19)23-24-15-21(28-23)17-11-13-18(14-12-17)27-5-2/h6-7,9-16H,4-5,8H2,1-3H3,(H,25,26). The molecule has 0 spiro atoms. The van der Waals surface area contributed by atoms with Gasteiger partial charge in [-0.05, 0) is 56.7 Å². The first-order valence-electron chi connectivity index (χ1n) is 9.71. The lowest BCUT2D eigenvalue weighted by Crippen LogP contribution is -2.32. The number of nitrogens with one attached hydrogen (secondary N) is 1. The maximum absolute atomic E-state index is 12.7. The fourth-order valence-electron chi connectivity index (χ4n) is 3.09. The van der Waals surface area contributed by atoms with Crippen molar-refractivity contribution < 1.29 is 13.9 Å². The Morgan fingerprint density at radius 3 is 2.61 bits per heavy atom. The van der Waals surface area contributed by atoms with Gasteiger partial charge in [0, 0.05) is 17.2 Å². The lowest BCUT2D eigenvalue weighted by Gasteiger charge is -2.14. The zero-order valence-electron chi connectivity index (χ0n) is 16.6. The Hall–Kier alpha value is -3.08. The van der Waals surface area contributed by atoms with Gasteiger partial charge in [0.1, 0.15) is 5.75 Å². The van der Waals surface area contributed by atoms with Gasteiger partial charge in [0.05, 0.1) is 18.4 Å². The van der Waals surface area contributed by atoms with Gasteiger partial charge in [-0.1, -0.05) is 25.5 Å². The van der Waals surface area contributed by atoms with Crippen molar-refractivity contribution in [3.05, 3.63) is 60.3 Å². The molecule has 1 aromatic heterocycles. The summed E-state index contributed by atoms with van der Waals surface area (Å²) >= 11 is 0. The molecule has 3 rings (SSSR count). The first-order valence-corrected chi connectivity index (χ1v) is 9.71. The van der Waals surface area contributed by atoms with Crippen molar-refractivity contribution in [1.82, 2.24) is 10.3 Å². The normalized spacial score (nSPS) is 11.8. The van der Waals surface area contributed by atoms with Crippen LogP contribution in [-0.2, 0) is 0 Å². The molecular formula is C23H26N2O3. The number of amides is 1. The van der Waals surface area contributed by atoms with Gasteiger partial charge < -0.3 is 14.5 Å². The monoisotopic (exact) mass is 378 g/mol. The number of rotatable bonds is 8. The quantitative estimate of drug-likeness (QED) is 0.576. The Morgan fingerprint density at radius 1 is 1.14 bits per heavy atom. The summed E-state index contributed by atoms with van der Waals surface area (Å²) in [6, 6.07) is 15.2. The van der Waals surface area contributed by atoms with E-state index in [0.29, 0.717) is 29.4 Å². The van der Waals surface area contributed by atoms with Crippen molar-refractivity contribution in [2.45, 2.75) is 39.7 Å². The summed E-state index contributed by atoms with van der Waals surface area (Å²) in [5.74, 6) is 1.77. The minimum absolute atomic E-state index is 0.114. The molecule has 5 heteroatoms. The largest absolute Gasteiger partial charge is 0.494 e. The second-order valence-corrected chi connectivity index (χ2v) is 6.70. The van der Waals surface area contributed by atoms with E-state index in [1.807, 2.05) is 56.3 Å². The molecule has 0 saturated carbocycles. The number of hydrogen-bond donors (Lipinski definition) is 1. The third-order valence-electron chi connectivity index (χ3n) is 4.46. The number of ether oxygens (including phenoxy) is 1. The summed E-state index contributed by atoms with van der Waals surface area (Å²) in [4.78, 5) is 17.1. The number of carbonyl (C=O) groups excluding carboxylic acids is 1. The first-order chi connectivity index (χ1) is 13.6. The van der Waals surface area contributed by atoms with E-state index in [9.17, 15) is 4.79 Å². The molecule has 0 saturated heterocycles. The van der Waals surface area contributed by atoms with E-state index in [2.05, 4.69) is 17.2 Å². The van der Waals surface area contributed by atoms with Gasteiger partial charge >= 0.3 is 0 Å². The van der Waals surface area contributed by atoms with Crippen LogP contribution in [0.15, 0.2) is 59.1 Å². The lowest BCUT2D eigenvalue weighted by molar-refractivity contribution is 0.0938. The van der Waals surface area contributed by atoms with Crippen LogP contribution >= 0.6 is 0 Å². The maximum Gasteiger partial charge on any atom is 0.252 e. The minimum atomic E-state index is -0.114. The molecule has 1 unspecified atom stereocenters. The van der Waals surface area contributed by atoms with E-state index < -0.39 is 0 Å². The smallest absolute Gasteiger partial charge is 0.252 e. The van der Waals surface area contributed by atoms with Crippen LogP contribution in [0.4, 0.5) is 0 Å². The molecule has 1 atom stereocenters. The average Bonchev–Trinajstić information content (AvgIpc) is 3.19. The van der Waals surface area contributed by atoms with E-state index in [4.69, 9.17) is 9.15 Å². The number of carbonyl (C=O) groups is 1. The second-order valence-electron chi connectivity index (χ2n) is 6.70. The van der Waals surface area contributed by atoms with Crippen molar-refractivity contribution in [1.29, 1.82) is 0 Å². The van der Waals surface area contributed by atoms with Crippen LogP contribution in [0.3, 0.4) is 0 Å². The predicted octanol–water partition coefficient (Wildman–Crippen LogP) is 5.33. The molecule has 1 heterocycles. The van der Waals surface area contributed by atoms with Crippen LogP contribution in [-0.4, -0.2) is 23.5 Å². The number of hydrogen-bond acceptors (Lipinski definition) is 4. The van der Waals surface area contributed by atoms with Crippen molar-refractivity contribution in [2.75, 3.05) is 6.61 Å². The van der Waals surface area contributed by atoms with Crippen molar-refractivity contribution in [2.24, 2.45) is 0 Å². The molecule has 0 aliphatic rings. The summed E-state index contributed by atoms with van der Waals surface area (Å²) in [5.41, 5.74) is 2.15. The predicted molar refractivity (Wildman–Crippen MR) is 110 cm³/mol.